The van der Waals surface area contributed by atoms with E-state index >= 15 is 0 Å². The van der Waals surface area contributed by atoms with Gasteiger partial charge in [-0.15, -0.1) is 0 Å². The molecule has 0 fully saturated rings. The van der Waals surface area contributed by atoms with Gasteiger partial charge in [-0.05, 0) is 12.1 Å². The van der Waals surface area contributed by atoms with E-state index in [1.54, 1.807) is 18.2 Å². The number of aliphatic hydroxyl groups excluding tert-OH is 1. The molecule has 1 aromatic rings. The predicted molar refractivity (Wildman–Crippen MR) is 44.6 cm³/mol. The molecule has 4 nitrogen and oxygen atoms in total. The van der Waals surface area contributed by atoms with E-state index < -0.39 is 0 Å². The molecule has 0 radical (unpaired) electrons. The molecule has 1 rings (SSSR count). The third kappa shape index (κ3) is 1.60. The van der Waals surface area contributed by atoms with Crippen molar-refractivity contribution in [2.24, 2.45) is 5.84 Å². The quantitative estimate of drug-likeness (QED) is 0.240. The van der Waals surface area contributed by atoms with Crippen LogP contribution >= 0.6 is 0 Å². The van der Waals surface area contributed by atoms with Crippen LogP contribution in [0.3, 0.4) is 0 Å². The maximum Gasteiger partial charge on any atom is 0.130 e. The SMILES string of the molecule is Nc1ccccc1N(N)CO. The van der Waals surface area contributed by atoms with Gasteiger partial charge in [-0.25, -0.2) is 5.84 Å². The lowest BCUT2D eigenvalue weighted by molar-refractivity contribution is 0.292. The van der Waals surface area contributed by atoms with Crippen molar-refractivity contribution < 1.29 is 5.11 Å². The summed E-state index contributed by atoms with van der Waals surface area (Å²) in [5.41, 5.74) is 6.76. The third-order valence-electron chi connectivity index (χ3n) is 1.40. The highest BCUT2D eigenvalue weighted by Gasteiger charge is 2.01. The third-order valence-corrected chi connectivity index (χ3v) is 1.40. The van der Waals surface area contributed by atoms with Crippen LogP contribution in [-0.4, -0.2) is 11.8 Å². The average Bonchev–Trinajstić information content (AvgIpc) is 2.04. The van der Waals surface area contributed by atoms with Crippen molar-refractivity contribution in [2.45, 2.75) is 0 Å². The summed E-state index contributed by atoms with van der Waals surface area (Å²) in [5, 5.41) is 9.83. The molecule has 0 bridgehead atoms. The van der Waals surface area contributed by atoms with Crippen LogP contribution in [0.2, 0.25) is 0 Å². The zero-order chi connectivity index (χ0) is 8.27. The van der Waals surface area contributed by atoms with Crippen LogP contribution < -0.4 is 16.6 Å². The van der Waals surface area contributed by atoms with Crippen molar-refractivity contribution in [3.05, 3.63) is 24.3 Å². The number of hydrogen-bond acceptors (Lipinski definition) is 4. The number of aliphatic hydroxyl groups is 1. The summed E-state index contributed by atoms with van der Waals surface area (Å²) in [6.45, 7) is -0.242. The van der Waals surface area contributed by atoms with Crippen LogP contribution in [0.5, 0.6) is 0 Å². The summed E-state index contributed by atoms with van der Waals surface area (Å²) in [7, 11) is 0. The van der Waals surface area contributed by atoms with Gasteiger partial charge in [0.05, 0.1) is 11.4 Å². The highest BCUT2D eigenvalue weighted by molar-refractivity contribution is 5.66. The Morgan fingerprint density at radius 2 is 2.00 bits per heavy atom. The first-order valence-corrected chi connectivity index (χ1v) is 3.23. The first-order chi connectivity index (χ1) is 5.25. The molecular formula is C7H11N3O. The zero-order valence-corrected chi connectivity index (χ0v) is 6.07. The van der Waals surface area contributed by atoms with Crippen molar-refractivity contribution >= 4 is 11.4 Å². The Bertz CT molecular complexity index is 239. The van der Waals surface area contributed by atoms with Crippen LogP contribution in [0.25, 0.3) is 0 Å². The van der Waals surface area contributed by atoms with E-state index in [2.05, 4.69) is 0 Å². The molecule has 11 heavy (non-hydrogen) atoms. The molecule has 0 aromatic heterocycles. The molecule has 0 saturated carbocycles. The molecule has 0 unspecified atom stereocenters. The number of rotatable bonds is 2. The summed E-state index contributed by atoms with van der Waals surface area (Å²) in [6, 6.07) is 7.08. The second-order valence-corrected chi connectivity index (χ2v) is 2.17. The summed E-state index contributed by atoms with van der Waals surface area (Å²) < 4.78 is 0. The van der Waals surface area contributed by atoms with Gasteiger partial charge in [0.15, 0.2) is 0 Å². The first-order valence-electron chi connectivity index (χ1n) is 3.23. The second-order valence-electron chi connectivity index (χ2n) is 2.17. The van der Waals surface area contributed by atoms with Crippen molar-refractivity contribution in [3.8, 4) is 0 Å². The molecule has 5 N–H and O–H groups in total. The van der Waals surface area contributed by atoms with Crippen LogP contribution in [0.4, 0.5) is 11.4 Å². The summed E-state index contributed by atoms with van der Waals surface area (Å²) in [6.07, 6.45) is 0. The fourth-order valence-corrected chi connectivity index (χ4v) is 0.825. The number of hydrogen-bond donors (Lipinski definition) is 3. The topological polar surface area (TPSA) is 75.5 Å². The molecule has 0 amide bonds. The Labute approximate surface area is 65.0 Å². The van der Waals surface area contributed by atoms with E-state index in [1.165, 1.54) is 5.01 Å². The molecule has 4 heteroatoms. The van der Waals surface area contributed by atoms with Crippen LogP contribution in [0.1, 0.15) is 0 Å². The molecule has 0 spiro atoms. The van der Waals surface area contributed by atoms with Gasteiger partial charge in [-0.3, -0.25) is 5.01 Å². The Morgan fingerprint density at radius 3 is 2.55 bits per heavy atom. The van der Waals surface area contributed by atoms with Gasteiger partial charge in [0.25, 0.3) is 0 Å². The van der Waals surface area contributed by atoms with E-state index in [0.29, 0.717) is 11.4 Å². The van der Waals surface area contributed by atoms with Crippen LogP contribution in [0, 0.1) is 0 Å². The molecule has 0 saturated heterocycles. The van der Waals surface area contributed by atoms with Gasteiger partial charge in [-0.1, -0.05) is 12.1 Å². The van der Waals surface area contributed by atoms with E-state index in [1.807, 2.05) is 6.07 Å². The Morgan fingerprint density at radius 1 is 1.36 bits per heavy atom. The lowest BCUT2D eigenvalue weighted by Crippen LogP contribution is -2.32. The molecule has 0 aliphatic heterocycles. The number of anilines is 2. The smallest absolute Gasteiger partial charge is 0.130 e. The maximum absolute atomic E-state index is 8.66. The van der Waals surface area contributed by atoms with Gasteiger partial charge in [0.1, 0.15) is 6.73 Å². The molecule has 0 aliphatic carbocycles. The number of nitrogens with zero attached hydrogens (tertiary/aromatic N) is 1. The van der Waals surface area contributed by atoms with Gasteiger partial charge in [0.2, 0.25) is 0 Å². The van der Waals surface area contributed by atoms with Crippen LogP contribution in [0.15, 0.2) is 24.3 Å². The second kappa shape index (κ2) is 3.23. The minimum atomic E-state index is -0.242. The van der Waals surface area contributed by atoms with Gasteiger partial charge in [-0.2, -0.15) is 0 Å². The normalized spacial score (nSPS) is 9.64. The van der Waals surface area contributed by atoms with Crippen molar-refractivity contribution in [3.63, 3.8) is 0 Å². The van der Waals surface area contributed by atoms with E-state index in [4.69, 9.17) is 16.7 Å². The average molecular weight is 153 g/mol. The fraction of sp³-hybridized carbons (Fsp3) is 0.143. The monoisotopic (exact) mass is 153 g/mol. The highest BCUT2D eigenvalue weighted by Crippen LogP contribution is 2.18. The molecule has 60 valence electrons. The largest absolute Gasteiger partial charge is 0.397 e. The summed E-state index contributed by atoms with van der Waals surface area (Å²) >= 11 is 0. The summed E-state index contributed by atoms with van der Waals surface area (Å²) in [5.74, 6) is 5.40. The highest BCUT2D eigenvalue weighted by atomic mass is 16.3. The first kappa shape index (κ1) is 7.84. The molecular weight excluding hydrogens is 142 g/mol. The Balaban J connectivity index is 2.93. The summed E-state index contributed by atoms with van der Waals surface area (Å²) in [4.78, 5) is 0. The van der Waals surface area contributed by atoms with Crippen molar-refractivity contribution in [1.29, 1.82) is 0 Å². The van der Waals surface area contributed by atoms with E-state index in [0.717, 1.165) is 0 Å². The predicted octanol–water partition coefficient (Wildman–Crippen LogP) is -0.101. The number of nitrogens with two attached hydrogens (primary N) is 2. The molecule has 0 aliphatic rings. The fourth-order valence-electron chi connectivity index (χ4n) is 0.825. The molecule has 1 aromatic carbocycles. The van der Waals surface area contributed by atoms with Gasteiger partial charge >= 0.3 is 0 Å². The number of para-hydroxylation sites is 2. The van der Waals surface area contributed by atoms with Crippen molar-refractivity contribution in [1.82, 2.24) is 0 Å². The Kier molecular flexibility index (Phi) is 2.30. The maximum atomic E-state index is 8.66. The number of benzene rings is 1. The van der Waals surface area contributed by atoms with Crippen LogP contribution in [-0.2, 0) is 0 Å². The molecule has 0 heterocycles. The molecule has 0 atom stereocenters. The number of hydrazine groups is 1. The lowest BCUT2D eigenvalue weighted by atomic mass is 10.3. The minimum Gasteiger partial charge on any atom is -0.397 e. The zero-order valence-electron chi connectivity index (χ0n) is 6.07. The standard InChI is InChI=1S/C7H11N3O/c8-6-3-1-2-4-7(6)10(9)5-11/h1-4,11H,5,8-9H2. The van der Waals surface area contributed by atoms with Gasteiger partial charge in [0, 0.05) is 0 Å². The van der Waals surface area contributed by atoms with Gasteiger partial charge < -0.3 is 10.8 Å². The number of nitrogen functional groups attached to an aromatic ring is 1. The van der Waals surface area contributed by atoms with E-state index in [9.17, 15) is 0 Å². The Hall–Kier alpha value is -1.26. The minimum absolute atomic E-state index is 0.242. The lowest BCUT2D eigenvalue weighted by Gasteiger charge is -2.16. The van der Waals surface area contributed by atoms with Crippen molar-refractivity contribution in [2.75, 3.05) is 17.5 Å². The van der Waals surface area contributed by atoms with E-state index in [-0.39, 0.29) is 6.73 Å².